The van der Waals surface area contributed by atoms with Crippen LogP contribution in [0.1, 0.15) is 15.2 Å². The number of nitrogens with zero attached hydrogens (tertiary/aromatic N) is 2. The van der Waals surface area contributed by atoms with Crippen LogP contribution in [0.5, 0.6) is 0 Å². The highest BCUT2D eigenvalue weighted by molar-refractivity contribution is 7.17. The van der Waals surface area contributed by atoms with Gasteiger partial charge in [0.05, 0.1) is 0 Å². The number of thiazole rings is 1. The van der Waals surface area contributed by atoms with Gasteiger partial charge in [0.25, 0.3) is 0 Å². The van der Waals surface area contributed by atoms with Crippen LogP contribution in [0.4, 0.5) is 5.13 Å². The van der Waals surface area contributed by atoms with Gasteiger partial charge >= 0.3 is 0 Å². The molecule has 1 aromatic carbocycles. The Bertz CT molecular complexity index is 571. The van der Waals surface area contributed by atoms with E-state index in [1.165, 1.54) is 11.3 Å². The first-order valence-corrected chi connectivity index (χ1v) is 6.75. The maximum atomic E-state index is 10.7. The molecule has 0 radical (unpaired) electrons. The van der Waals surface area contributed by atoms with E-state index in [4.69, 9.17) is 23.2 Å². The molecule has 0 aliphatic carbocycles. The molecular weight excluding hydrogens is 291 g/mol. The third-order valence-electron chi connectivity index (χ3n) is 2.40. The molecule has 0 aliphatic heterocycles. The summed E-state index contributed by atoms with van der Waals surface area (Å²) >= 11 is 13.2. The van der Waals surface area contributed by atoms with Crippen molar-refractivity contribution in [2.45, 2.75) is 6.54 Å². The van der Waals surface area contributed by atoms with Crippen LogP contribution in [0.15, 0.2) is 24.3 Å². The fraction of sp³-hybridized carbons (Fsp3) is 0.167. The minimum absolute atomic E-state index is 0.246. The van der Waals surface area contributed by atoms with Crippen LogP contribution >= 0.6 is 34.5 Å². The molecule has 1 aromatic heterocycles. The zero-order chi connectivity index (χ0) is 13.1. The van der Waals surface area contributed by atoms with Crippen molar-refractivity contribution in [2.75, 3.05) is 11.9 Å². The van der Waals surface area contributed by atoms with Gasteiger partial charge in [0.15, 0.2) is 16.6 Å². The number of aldehydes is 1. The van der Waals surface area contributed by atoms with Gasteiger partial charge < -0.3 is 4.90 Å². The average molecular weight is 301 g/mol. The second-order valence-corrected chi connectivity index (χ2v) is 5.49. The van der Waals surface area contributed by atoms with Crippen molar-refractivity contribution in [1.82, 2.24) is 4.98 Å². The normalized spacial score (nSPS) is 10.4. The van der Waals surface area contributed by atoms with Crippen LogP contribution in [0.2, 0.25) is 10.2 Å². The van der Waals surface area contributed by atoms with Gasteiger partial charge in [-0.3, -0.25) is 4.79 Å². The number of aromatic nitrogens is 1. The van der Waals surface area contributed by atoms with E-state index in [1.807, 2.05) is 36.2 Å². The van der Waals surface area contributed by atoms with Crippen molar-refractivity contribution < 1.29 is 4.79 Å². The number of hydrogen-bond donors (Lipinski definition) is 0. The molecule has 0 amide bonds. The van der Waals surface area contributed by atoms with Gasteiger partial charge in [-0.2, -0.15) is 0 Å². The first-order valence-electron chi connectivity index (χ1n) is 5.18. The van der Waals surface area contributed by atoms with Crippen LogP contribution < -0.4 is 4.90 Å². The van der Waals surface area contributed by atoms with Crippen molar-refractivity contribution >= 4 is 46.0 Å². The Kier molecular flexibility index (Phi) is 4.22. The Balaban J connectivity index is 2.19. The average Bonchev–Trinajstić information content (AvgIpc) is 2.73. The summed E-state index contributed by atoms with van der Waals surface area (Å²) < 4.78 is 0. The van der Waals surface area contributed by atoms with E-state index in [-0.39, 0.29) is 5.15 Å². The predicted molar refractivity (Wildman–Crippen MR) is 76.1 cm³/mol. The first-order chi connectivity index (χ1) is 8.61. The molecule has 0 atom stereocenters. The van der Waals surface area contributed by atoms with Gasteiger partial charge in [-0.25, -0.2) is 4.98 Å². The zero-order valence-electron chi connectivity index (χ0n) is 9.56. The summed E-state index contributed by atoms with van der Waals surface area (Å²) in [4.78, 5) is 17.2. The van der Waals surface area contributed by atoms with Crippen molar-refractivity contribution in [2.24, 2.45) is 0 Å². The highest BCUT2D eigenvalue weighted by Crippen LogP contribution is 2.29. The lowest BCUT2D eigenvalue weighted by molar-refractivity contribution is 0.112. The summed E-state index contributed by atoms with van der Waals surface area (Å²) in [7, 11) is 1.88. The molecule has 18 heavy (non-hydrogen) atoms. The van der Waals surface area contributed by atoms with Crippen LogP contribution in [-0.4, -0.2) is 18.3 Å². The van der Waals surface area contributed by atoms with E-state index in [9.17, 15) is 4.79 Å². The number of halogens is 2. The summed E-state index contributed by atoms with van der Waals surface area (Å²) in [5, 5.41) is 1.65. The van der Waals surface area contributed by atoms with Gasteiger partial charge in [-0.15, -0.1) is 0 Å². The zero-order valence-corrected chi connectivity index (χ0v) is 11.9. The minimum Gasteiger partial charge on any atom is -0.347 e. The molecule has 94 valence electrons. The van der Waals surface area contributed by atoms with Crippen molar-refractivity contribution in [3.05, 3.63) is 44.9 Å². The van der Waals surface area contributed by atoms with E-state index in [1.54, 1.807) is 0 Å². The molecule has 2 aromatic rings. The Labute approximate surface area is 119 Å². The molecule has 2 rings (SSSR count). The molecule has 3 nitrogen and oxygen atoms in total. The molecule has 6 heteroatoms. The second kappa shape index (κ2) is 5.69. The third-order valence-corrected chi connectivity index (χ3v) is 4.26. The highest BCUT2D eigenvalue weighted by Gasteiger charge is 2.13. The summed E-state index contributed by atoms with van der Waals surface area (Å²) in [5.41, 5.74) is 1.00. The number of anilines is 1. The number of benzene rings is 1. The number of carbonyl (C=O) groups is 1. The molecule has 0 bridgehead atoms. The Morgan fingerprint density at radius 3 is 2.72 bits per heavy atom. The largest absolute Gasteiger partial charge is 0.347 e. The molecule has 1 heterocycles. The van der Waals surface area contributed by atoms with E-state index in [2.05, 4.69) is 4.98 Å². The quantitative estimate of drug-likeness (QED) is 0.803. The number of hydrogen-bond acceptors (Lipinski definition) is 4. The molecule has 0 N–H and O–H groups in total. The maximum Gasteiger partial charge on any atom is 0.187 e. The summed E-state index contributed by atoms with van der Waals surface area (Å²) in [6.45, 7) is 0.613. The Morgan fingerprint density at radius 2 is 2.11 bits per heavy atom. The van der Waals surface area contributed by atoms with Gasteiger partial charge in [-0.1, -0.05) is 52.7 Å². The lowest BCUT2D eigenvalue weighted by atomic mass is 10.2. The van der Waals surface area contributed by atoms with Crippen LogP contribution in [0.25, 0.3) is 0 Å². The topological polar surface area (TPSA) is 33.2 Å². The van der Waals surface area contributed by atoms with Crippen molar-refractivity contribution in [3.63, 3.8) is 0 Å². The van der Waals surface area contributed by atoms with E-state index < -0.39 is 0 Å². The molecular formula is C12H10Cl2N2OS. The SMILES string of the molecule is CN(Cc1ccccc1Cl)c1nc(Cl)c(C=O)s1. The monoisotopic (exact) mass is 300 g/mol. The number of rotatable bonds is 4. The van der Waals surface area contributed by atoms with Gasteiger partial charge in [0, 0.05) is 18.6 Å². The predicted octanol–water partition coefficient (Wildman–Crippen LogP) is 3.90. The summed E-state index contributed by atoms with van der Waals surface area (Å²) in [5.74, 6) is 0. The molecule has 0 aliphatic rings. The molecule has 0 saturated heterocycles. The molecule has 0 fully saturated rings. The fourth-order valence-corrected chi connectivity index (χ4v) is 2.71. The standard InChI is InChI=1S/C12H10Cl2N2OS/c1-16(6-8-4-2-3-5-9(8)13)12-15-11(14)10(7-17)18-12/h2-5,7H,6H2,1H3. The Morgan fingerprint density at radius 1 is 1.39 bits per heavy atom. The van der Waals surface area contributed by atoms with E-state index >= 15 is 0 Å². The van der Waals surface area contributed by atoms with Crippen LogP contribution in [-0.2, 0) is 6.54 Å². The van der Waals surface area contributed by atoms with Gasteiger partial charge in [0.1, 0.15) is 4.88 Å². The lowest BCUT2D eigenvalue weighted by Crippen LogP contribution is -2.16. The lowest BCUT2D eigenvalue weighted by Gasteiger charge is -2.16. The van der Waals surface area contributed by atoms with E-state index in [0.717, 1.165) is 5.56 Å². The summed E-state index contributed by atoms with van der Waals surface area (Å²) in [6, 6.07) is 7.61. The minimum atomic E-state index is 0.246. The second-order valence-electron chi connectivity index (χ2n) is 3.72. The first kappa shape index (κ1) is 13.3. The summed E-state index contributed by atoms with van der Waals surface area (Å²) in [6.07, 6.45) is 0.715. The third kappa shape index (κ3) is 2.83. The van der Waals surface area contributed by atoms with Crippen LogP contribution in [0.3, 0.4) is 0 Å². The van der Waals surface area contributed by atoms with Gasteiger partial charge in [0.2, 0.25) is 0 Å². The number of carbonyl (C=O) groups excluding carboxylic acids is 1. The maximum absolute atomic E-state index is 10.7. The fourth-order valence-electron chi connectivity index (χ4n) is 1.49. The smallest absolute Gasteiger partial charge is 0.187 e. The van der Waals surface area contributed by atoms with Crippen molar-refractivity contribution in [1.29, 1.82) is 0 Å². The van der Waals surface area contributed by atoms with Crippen LogP contribution in [0, 0.1) is 0 Å². The van der Waals surface area contributed by atoms with E-state index in [0.29, 0.717) is 27.9 Å². The van der Waals surface area contributed by atoms with Gasteiger partial charge in [-0.05, 0) is 11.6 Å². The molecule has 0 spiro atoms. The molecule has 0 unspecified atom stereocenters. The molecule has 0 saturated carbocycles. The van der Waals surface area contributed by atoms with Crippen molar-refractivity contribution in [3.8, 4) is 0 Å². The Hall–Kier alpha value is -1.10. The highest BCUT2D eigenvalue weighted by atomic mass is 35.5.